The molecule has 1 rings (SSSR count). The maximum Gasteiger partial charge on any atom is 0.251 e. The number of benzene rings is 1. The first-order chi connectivity index (χ1) is 8.04. The second kappa shape index (κ2) is 6.55. The molecule has 3 nitrogen and oxygen atoms in total. The van der Waals surface area contributed by atoms with Crippen molar-refractivity contribution in [2.24, 2.45) is 5.92 Å². The van der Waals surface area contributed by atoms with Gasteiger partial charge in [0.1, 0.15) is 0 Å². The number of nitrogens with one attached hydrogen (secondary N) is 1. The molecule has 1 amide bonds. The van der Waals surface area contributed by atoms with Crippen LogP contribution in [0.1, 0.15) is 22.8 Å². The molecule has 94 valence electrons. The van der Waals surface area contributed by atoms with Crippen LogP contribution in [0.4, 0.5) is 5.69 Å². The lowest BCUT2D eigenvalue weighted by atomic mass is 10.1. The standard InChI is InChI=1S/C13H20N2OS/c1-9(8-17-3)7-15-13(16)11-4-5-12(14)10(2)6-11/h4-6,9H,7-8,14H2,1-3H3,(H,15,16). The Labute approximate surface area is 107 Å². The third-order valence-corrected chi connectivity index (χ3v) is 3.50. The number of nitrogens with two attached hydrogens (primary N) is 1. The van der Waals surface area contributed by atoms with Gasteiger partial charge in [0.05, 0.1) is 0 Å². The van der Waals surface area contributed by atoms with Crippen LogP contribution in [0.5, 0.6) is 0 Å². The lowest BCUT2D eigenvalue weighted by Gasteiger charge is -2.11. The van der Waals surface area contributed by atoms with E-state index < -0.39 is 0 Å². The third kappa shape index (κ3) is 4.30. The molecule has 17 heavy (non-hydrogen) atoms. The van der Waals surface area contributed by atoms with Crippen molar-refractivity contribution in [1.29, 1.82) is 0 Å². The van der Waals surface area contributed by atoms with Crippen LogP contribution in [0, 0.1) is 12.8 Å². The number of amides is 1. The number of aryl methyl sites for hydroxylation is 1. The summed E-state index contributed by atoms with van der Waals surface area (Å²) in [6, 6.07) is 5.36. The molecule has 0 radical (unpaired) electrons. The fourth-order valence-corrected chi connectivity index (χ4v) is 2.22. The highest BCUT2D eigenvalue weighted by molar-refractivity contribution is 7.98. The molecule has 0 spiro atoms. The van der Waals surface area contributed by atoms with E-state index in [0.29, 0.717) is 18.0 Å². The minimum atomic E-state index is -0.0268. The molecular formula is C13H20N2OS. The molecule has 0 aliphatic heterocycles. The Morgan fingerprint density at radius 2 is 2.24 bits per heavy atom. The van der Waals surface area contributed by atoms with Crippen LogP contribution in [-0.2, 0) is 0 Å². The fourth-order valence-electron chi connectivity index (χ4n) is 1.53. The van der Waals surface area contributed by atoms with Gasteiger partial charge in [0.2, 0.25) is 0 Å². The third-order valence-electron chi connectivity index (χ3n) is 2.59. The molecule has 3 N–H and O–H groups in total. The van der Waals surface area contributed by atoms with Crippen LogP contribution < -0.4 is 11.1 Å². The van der Waals surface area contributed by atoms with E-state index in [4.69, 9.17) is 5.73 Å². The van der Waals surface area contributed by atoms with E-state index in [1.165, 1.54) is 0 Å². The first-order valence-electron chi connectivity index (χ1n) is 5.68. The van der Waals surface area contributed by atoms with E-state index in [-0.39, 0.29) is 5.91 Å². The summed E-state index contributed by atoms with van der Waals surface area (Å²) in [5.41, 5.74) is 8.05. The topological polar surface area (TPSA) is 55.1 Å². The Hall–Kier alpha value is -1.16. The number of anilines is 1. The van der Waals surface area contributed by atoms with Gasteiger partial charge in [0.15, 0.2) is 0 Å². The van der Waals surface area contributed by atoms with Crippen molar-refractivity contribution in [3.63, 3.8) is 0 Å². The second-order valence-corrected chi connectivity index (χ2v) is 5.25. The summed E-state index contributed by atoms with van der Waals surface area (Å²) < 4.78 is 0. The van der Waals surface area contributed by atoms with E-state index in [2.05, 4.69) is 18.5 Å². The van der Waals surface area contributed by atoms with E-state index in [1.54, 1.807) is 23.9 Å². The predicted octanol–water partition coefficient (Wildman–Crippen LogP) is 2.31. The smallest absolute Gasteiger partial charge is 0.251 e. The van der Waals surface area contributed by atoms with Crippen molar-refractivity contribution in [2.75, 3.05) is 24.3 Å². The molecular weight excluding hydrogens is 232 g/mol. The number of rotatable bonds is 5. The molecule has 0 saturated carbocycles. The summed E-state index contributed by atoms with van der Waals surface area (Å²) in [4.78, 5) is 11.9. The molecule has 0 aliphatic rings. The minimum absolute atomic E-state index is 0.0268. The lowest BCUT2D eigenvalue weighted by molar-refractivity contribution is 0.0949. The number of carbonyl (C=O) groups excluding carboxylic acids is 1. The molecule has 1 aromatic carbocycles. The molecule has 0 fully saturated rings. The van der Waals surface area contributed by atoms with E-state index in [0.717, 1.165) is 17.0 Å². The molecule has 4 heteroatoms. The Kier molecular flexibility index (Phi) is 5.35. The van der Waals surface area contributed by atoms with Crippen LogP contribution in [0.25, 0.3) is 0 Å². The Morgan fingerprint density at radius 1 is 1.53 bits per heavy atom. The Morgan fingerprint density at radius 3 is 2.82 bits per heavy atom. The molecule has 0 aromatic heterocycles. The lowest BCUT2D eigenvalue weighted by Crippen LogP contribution is -2.29. The SMILES string of the molecule is CSCC(C)CNC(=O)c1ccc(N)c(C)c1. The van der Waals surface area contributed by atoms with Gasteiger partial charge in [-0.2, -0.15) is 11.8 Å². The summed E-state index contributed by atoms with van der Waals surface area (Å²) in [6.45, 7) is 4.75. The predicted molar refractivity (Wildman–Crippen MR) is 75.5 cm³/mol. The average Bonchev–Trinajstić information content (AvgIpc) is 2.30. The summed E-state index contributed by atoms with van der Waals surface area (Å²) in [7, 11) is 0. The van der Waals surface area contributed by atoms with Crippen LogP contribution in [0.2, 0.25) is 0 Å². The van der Waals surface area contributed by atoms with Gasteiger partial charge < -0.3 is 11.1 Å². The monoisotopic (exact) mass is 252 g/mol. The zero-order valence-corrected chi connectivity index (χ0v) is 11.4. The molecule has 0 saturated heterocycles. The van der Waals surface area contributed by atoms with Gasteiger partial charge in [-0.3, -0.25) is 4.79 Å². The second-order valence-electron chi connectivity index (χ2n) is 4.34. The van der Waals surface area contributed by atoms with Gasteiger partial charge >= 0.3 is 0 Å². The molecule has 1 unspecified atom stereocenters. The number of nitrogen functional groups attached to an aromatic ring is 1. The summed E-state index contributed by atoms with van der Waals surface area (Å²) in [5, 5.41) is 2.94. The quantitative estimate of drug-likeness (QED) is 0.791. The number of thioether (sulfide) groups is 1. The maximum atomic E-state index is 11.9. The van der Waals surface area contributed by atoms with Gasteiger partial charge in [-0.1, -0.05) is 6.92 Å². The minimum Gasteiger partial charge on any atom is -0.399 e. The summed E-state index contributed by atoms with van der Waals surface area (Å²) in [6.07, 6.45) is 2.07. The zero-order chi connectivity index (χ0) is 12.8. The van der Waals surface area contributed by atoms with Crippen LogP contribution >= 0.6 is 11.8 Å². The highest BCUT2D eigenvalue weighted by Crippen LogP contribution is 2.12. The molecule has 1 aromatic rings. The van der Waals surface area contributed by atoms with E-state index >= 15 is 0 Å². The summed E-state index contributed by atoms with van der Waals surface area (Å²) >= 11 is 1.79. The van der Waals surface area contributed by atoms with Crippen molar-refractivity contribution in [3.8, 4) is 0 Å². The van der Waals surface area contributed by atoms with Gasteiger partial charge in [-0.25, -0.2) is 0 Å². The van der Waals surface area contributed by atoms with Crippen molar-refractivity contribution in [3.05, 3.63) is 29.3 Å². The molecule has 1 atom stereocenters. The van der Waals surface area contributed by atoms with Crippen molar-refractivity contribution in [1.82, 2.24) is 5.32 Å². The van der Waals surface area contributed by atoms with Crippen molar-refractivity contribution >= 4 is 23.4 Å². The Bertz CT molecular complexity index is 393. The van der Waals surface area contributed by atoms with E-state index in [1.807, 2.05) is 13.0 Å². The highest BCUT2D eigenvalue weighted by Gasteiger charge is 2.08. The van der Waals surface area contributed by atoms with Gasteiger partial charge in [-0.15, -0.1) is 0 Å². The van der Waals surface area contributed by atoms with Gasteiger partial charge in [0, 0.05) is 17.8 Å². The van der Waals surface area contributed by atoms with Crippen LogP contribution in [0.15, 0.2) is 18.2 Å². The first-order valence-corrected chi connectivity index (χ1v) is 7.07. The summed E-state index contributed by atoms with van der Waals surface area (Å²) in [5.74, 6) is 1.52. The van der Waals surface area contributed by atoms with Gasteiger partial charge in [0.25, 0.3) is 5.91 Å². The van der Waals surface area contributed by atoms with Crippen LogP contribution in [0.3, 0.4) is 0 Å². The van der Waals surface area contributed by atoms with E-state index in [9.17, 15) is 4.79 Å². The van der Waals surface area contributed by atoms with Crippen molar-refractivity contribution < 1.29 is 4.79 Å². The Balaban J connectivity index is 2.55. The zero-order valence-electron chi connectivity index (χ0n) is 10.6. The fraction of sp³-hybridized carbons (Fsp3) is 0.462. The largest absolute Gasteiger partial charge is 0.399 e. The van der Waals surface area contributed by atoms with Crippen LogP contribution in [-0.4, -0.2) is 24.5 Å². The average molecular weight is 252 g/mol. The van der Waals surface area contributed by atoms with Gasteiger partial charge in [-0.05, 0) is 48.6 Å². The highest BCUT2D eigenvalue weighted by atomic mass is 32.2. The number of hydrogen-bond donors (Lipinski definition) is 2. The number of carbonyl (C=O) groups is 1. The molecule has 0 bridgehead atoms. The normalized spacial score (nSPS) is 12.2. The number of hydrogen-bond acceptors (Lipinski definition) is 3. The maximum absolute atomic E-state index is 11.9. The first kappa shape index (κ1) is 13.9. The molecule has 0 heterocycles. The van der Waals surface area contributed by atoms with Crippen molar-refractivity contribution in [2.45, 2.75) is 13.8 Å². The molecule has 0 aliphatic carbocycles.